The van der Waals surface area contributed by atoms with Crippen LogP contribution in [-0.4, -0.2) is 143 Å². The number of carbonyl (C=O) groups is 6. The standard InChI is InChI=1S/C44H52N10O6/c1-49-19-20-53(44(49)60)32-3-2-15-52(26-32)37-23-46-39(40(45)56)35(47-37)21-27-4-6-29(7-5-27)30-13-16-50(17-14-30)24-28-12-18-51(25-28)31-8-9-33-34(22-31)43(59)54(42(33)58)36-10-11-38(55)48-41(36)57/h4-9,22-23,28,30,32,36H,2-3,10-21,24-26H2,1H3,(H2,45,56)(H,48,55,57)/t28-,32-,36?/m1/s1. The van der Waals surface area contributed by atoms with Gasteiger partial charge in [0.05, 0.1) is 29.1 Å². The van der Waals surface area contributed by atoms with Crippen LogP contribution in [0.4, 0.5) is 16.3 Å². The molecule has 6 aliphatic heterocycles. The number of likely N-dealkylation sites (N-methyl/N-ethyl adjacent to an activating group) is 1. The Kier molecular flexibility index (Phi) is 10.7. The van der Waals surface area contributed by atoms with E-state index in [1.165, 1.54) is 5.56 Å². The molecule has 314 valence electrons. The van der Waals surface area contributed by atoms with Crippen LogP contribution in [0.1, 0.15) is 98.9 Å². The average molecular weight is 817 g/mol. The predicted octanol–water partition coefficient (Wildman–Crippen LogP) is 2.61. The third kappa shape index (κ3) is 7.68. The highest BCUT2D eigenvalue weighted by molar-refractivity contribution is 6.23. The maximum Gasteiger partial charge on any atom is 0.320 e. The van der Waals surface area contributed by atoms with Gasteiger partial charge in [0.1, 0.15) is 17.6 Å². The second-order valence-corrected chi connectivity index (χ2v) is 17.3. The number of carbonyl (C=O) groups excluding carboxylic acids is 6. The number of aromatic nitrogens is 2. The number of fused-ring (bicyclic) bond motifs is 1. The van der Waals surface area contributed by atoms with Gasteiger partial charge in [0.2, 0.25) is 11.8 Å². The minimum Gasteiger partial charge on any atom is -0.371 e. The summed E-state index contributed by atoms with van der Waals surface area (Å²) in [5.41, 5.74) is 10.3. The Balaban J connectivity index is 0.771. The Morgan fingerprint density at radius 3 is 2.35 bits per heavy atom. The van der Waals surface area contributed by atoms with Crippen LogP contribution < -0.4 is 20.9 Å². The fourth-order valence-corrected chi connectivity index (χ4v) is 10.1. The summed E-state index contributed by atoms with van der Waals surface area (Å²) in [6, 6.07) is 13.2. The van der Waals surface area contributed by atoms with Gasteiger partial charge in [0, 0.05) is 71.4 Å². The lowest BCUT2D eigenvalue weighted by molar-refractivity contribution is -0.136. The highest BCUT2D eigenvalue weighted by atomic mass is 16.2. The van der Waals surface area contributed by atoms with Crippen molar-refractivity contribution in [3.63, 3.8) is 0 Å². The summed E-state index contributed by atoms with van der Waals surface area (Å²) in [7, 11) is 1.84. The lowest BCUT2D eigenvalue weighted by atomic mass is 9.88. The number of nitrogens with two attached hydrogens (primary N) is 1. The zero-order valence-corrected chi connectivity index (χ0v) is 34.1. The van der Waals surface area contributed by atoms with Crippen LogP contribution in [0.25, 0.3) is 0 Å². The van der Waals surface area contributed by atoms with Gasteiger partial charge in [-0.25, -0.2) is 14.8 Å². The molecule has 7 heterocycles. The summed E-state index contributed by atoms with van der Waals surface area (Å²) in [4.78, 5) is 96.9. The Labute approximate surface area is 349 Å². The van der Waals surface area contributed by atoms with E-state index in [-0.39, 0.29) is 30.6 Å². The fourth-order valence-electron chi connectivity index (χ4n) is 10.1. The SMILES string of the molecule is CN1CCN([C@@H]2CCCN(c3cnc(C(N)=O)c(Cc4ccc(C5CCN(C[C@H]6CCN(c7ccc8c(c7)C(=O)N(C7CCC(=O)NC7=O)C8=O)C6)CC5)cc4)n3)C2)C1=O. The molecular formula is C44H52N10O6. The highest BCUT2D eigenvalue weighted by Crippen LogP contribution is 2.34. The first-order valence-corrected chi connectivity index (χ1v) is 21.3. The van der Waals surface area contributed by atoms with Gasteiger partial charge in [0.25, 0.3) is 17.7 Å². The molecule has 0 saturated carbocycles. The Morgan fingerprint density at radius 1 is 0.833 bits per heavy atom. The van der Waals surface area contributed by atoms with Gasteiger partial charge in [-0.1, -0.05) is 24.3 Å². The zero-order valence-electron chi connectivity index (χ0n) is 34.1. The van der Waals surface area contributed by atoms with Crippen molar-refractivity contribution >= 4 is 47.1 Å². The van der Waals surface area contributed by atoms with E-state index in [4.69, 9.17) is 10.7 Å². The molecule has 5 saturated heterocycles. The first-order valence-electron chi connectivity index (χ1n) is 21.3. The van der Waals surface area contributed by atoms with E-state index in [0.29, 0.717) is 47.4 Å². The number of hydrogen-bond acceptors (Lipinski definition) is 11. The molecule has 1 aromatic heterocycles. The van der Waals surface area contributed by atoms with Gasteiger partial charge >= 0.3 is 6.03 Å². The molecule has 0 aliphatic carbocycles. The molecule has 3 N–H and O–H groups in total. The molecule has 16 heteroatoms. The van der Waals surface area contributed by atoms with Crippen LogP contribution in [0.2, 0.25) is 0 Å². The van der Waals surface area contributed by atoms with Crippen molar-refractivity contribution < 1.29 is 28.8 Å². The molecule has 16 nitrogen and oxygen atoms in total. The molecule has 3 aromatic rings. The summed E-state index contributed by atoms with van der Waals surface area (Å²) in [5, 5.41) is 2.25. The molecular weight excluding hydrogens is 765 g/mol. The van der Waals surface area contributed by atoms with E-state index in [0.717, 1.165) is 101 Å². The number of piperidine rings is 3. The molecule has 60 heavy (non-hydrogen) atoms. The first-order chi connectivity index (χ1) is 29.0. The second kappa shape index (κ2) is 16.3. The normalized spacial score (nSPS) is 24.2. The van der Waals surface area contributed by atoms with Crippen molar-refractivity contribution in [2.45, 2.75) is 69.4 Å². The van der Waals surface area contributed by atoms with Gasteiger partial charge in [-0.05, 0) is 92.8 Å². The number of likely N-dealkylation sites (tertiary alicyclic amines) is 1. The highest BCUT2D eigenvalue weighted by Gasteiger charge is 2.45. The van der Waals surface area contributed by atoms with Gasteiger partial charge in [-0.2, -0.15) is 0 Å². The van der Waals surface area contributed by atoms with Gasteiger partial charge < -0.3 is 30.2 Å². The average Bonchev–Trinajstić information content (AvgIpc) is 3.93. The third-order valence-corrected chi connectivity index (χ3v) is 13.5. The number of nitrogens with one attached hydrogen (secondary N) is 1. The van der Waals surface area contributed by atoms with Crippen molar-refractivity contribution in [2.24, 2.45) is 11.7 Å². The maximum absolute atomic E-state index is 13.4. The summed E-state index contributed by atoms with van der Waals surface area (Å²) in [6.07, 6.45) is 7.35. The number of imide groups is 2. The number of benzene rings is 2. The van der Waals surface area contributed by atoms with Gasteiger partial charge in [0.15, 0.2) is 0 Å². The molecule has 1 unspecified atom stereocenters. The zero-order chi connectivity index (χ0) is 41.7. The molecule has 6 aliphatic rings. The number of primary amides is 1. The Hall–Kier alpha value is -5.90. The van der Waals surface area contributed by atoms with E-state index in [1.54, 1.807) is 23.2 Å². The number of urea groups is 1. The van der Waals surface area contributed by atoms with Crippen molar-refractivity contribution in [3.05, 3.63) is 82.3 Å². The van der Waals surface area contributed by atoms with E-state index >= 15 is 0 Å². The van der Waals surface area contributed by atoms with Crippen LogP contribution >= 0.6 is 0 Å². The number of amides is 7. The molecule has 5 fully saturated rings. The van der Waals surface area contributed by atoms with Crippen molar-refractivity contribution in [1.82, 2.24) is 34.9 Å². The Morgan fingerprint density at radius 2 is 1.62 bits per heavy atom. The molecule has 7 amide bonds. The second-order valence-electron chi connectivity index (χ2n) is 17.3. The smallest absolute Gasteiger partial charge is 0.320 e. The van der Waals surface area contributed by atoms with Crippen molar-refractivity contribution in [3.8, 4) is 0 Å². The number of hydrogen-bond donors (Lipinski definition) is 2. The predicted molar refractivity (Wildman–Crippen MR) is 222 cm³/mol. The summed E-state index contributed by atoms with van der Waals surface area (Å²) in [6.45, 7) is 7.70. The molecule has 0 bridgehead atoms. The largest absolute Gasteiger partial charge is 0.371 e. The van der Waals surface area contributed by atoms with Gasteiger partial charge in [-0.15, -0.1) is 0 Å². The van der Waals surface area contributed by atoms with E-state index in [1.807, 2.05) is 18.0 Å². The third-order valence-electron chi connectivity index (χ3n) is 13.5. The fraction of sp³-hybridized carbons (Fsp3) is 0.500. The summed E-state index contributed by atoms with van der Waals surface area (Å²) >= 11 is 0. The van der Waals surface area contributed by atoms with Gasteiger partial charge in [-0.3, -0.25) is 34.2 Å². The lowest BCUT2D eigenvalue weighted by Gasteiger charge is -2.37. The molecule has 0 spiro atoms. The number of nitrogens with zero attached hydrogens (tertiary/aromatic N) is 8. The van der Waals surface area contributed by atoms with Crippen molar-refractivity contribution in [2.75, 3.05) is 75.8 Å². The minimum atomic E-state index is -0.974. The van der Waals surface area contributed by atoms with E-state index in [9.17, 15) is 28.8 Å². The lowest BCUT2D eigenvalue weighted by Crippen LogP contribution is -2.54. The molecule has 2 aromatic carbocycles. The number of rotatable bonds is 10. The molecule has 0 radical (unpaired) electrons. The first kappa shape index (κ1) is 39.6. The van der Waals surface area contributed by atoms with Crippen molar-refractivity contribution in [1.29, 1.82) is 0 Å². The molecule has 9 rings (SSSR count). The topological polar surface area (TPSA) is 186 Å². The molecule has 3 atom stereocenters. The number of anilines is 2. The van der Waals surface area contributed by atoms with Crippen LogP contribution in [0, 0.1) is 5.92 Å². The summed E-state index contributed by atoms with van der Waals surface area (Å²) in [5.74, 6) is -0.930. The minimum absolute atomic E-state index is 0.0719. The Bertz CT molecular complexity index is 2220. The summed E-state index contributed by atoms with van der Waals surface area (Å²) < 4.78 is 0. The maximum atomic E-state index is 13.4. The quantitative estimate of drug-likeness (QED) is 0.287. The van der Waals surface area contributed by atoms with Crippen LogP contribution in [-0.2, 0) is 16.0 Å². The monoisotopic (exact) mass is 816 g/mol. The van der Waals surface area contributed by atoms with Crippen LogP contribution in [0.5, 0.6) is 0 Å². The van der Waals surface area contributed by atoms with Crippen LogP contribution in [0.15, 0.2) is 48.7 Å². The van der Waals surface area contributed by atoms with Crippen LogP contribution in [0.3, 0.4) is 0 Å². The van der Waals surface area contributed by atoms with E-state index in [2.05, 4.69) is 49.3 Å². The van der Waals surface area contributed by atoms with E-state index < -0.39 is 35.6 Å².